The third-order valence-corrected chi connectivity index (χ3v) is 4.23. The number of nitrogens with zero attached hydrogens (tertiary/aromatic N) is 1. The van der Waals surface area contributed by atoms with Gasteiger partial charge in [-0.15, -0.1) is 6.58 Å². The first-order chi connectivity index (χ1) is 14.0. The SMILES string of the molecule is C=CCN1C(=O)NC(=O)/C(=C/c2ccc(OCc3ccccc3)c(OC)c2)C1=O. The highest BCUT2D eigenvalue weighted by Gasteiger charge is 2.34. The van der Waals surface area contributed by atoms with E-state index >= 15 is 0 Å². The molecule has 148 valence electrons. The second-order valence-electron chi connectivity index (χ2n) is 6.21. The molecular formula is C22H20N2O5. The van der Waals surface area contributed by atoms with Crippen LogP contribution >= 0.6 is 0 Å². The first kappa shape index (κ1) is 19.9. The van der Waals surface area contributed by atoms with Crippen molar-refractivity contribution >= 4 is 23.9 Å². The van der Waals surface area contributed by atoms with Gasteiger partial charge in [0.1, 0.15) is 12.2 Å². The summed E-state index contributed by atoms with van der Waals surface area (Å²) in [5, 5.41) is 2.15. The van der Waals surface area contributed by atoms with Crippen molar-refractivity contribution in [3.63, 3.8) is 0 Å². The Bertz CT molecular complexity index is 982. The minimum Gasteiger partial charge on any atom is -0.493 e. The summed E-state index contributed by atoms with van der Waals surface area (Å²) in [4.78, 5) is 37.3. The molecule has 4 amide bonds. The van der Waals surface area contributed by atoms with Crippen molar-refractivity contribution < 1.29 is 23.9 Å². The van der Waals surface area contributed by atoms with E-state index < -0.39 is 17.8 Å². The van der Waals surface area contributed by atoms with Crippen molar-refractivity contribution in [2.24, 2.45) is 0 Å². The molecule has 29 heavy (non-hydrogen) atoms. The normalized spacial score (nSPS) is 15.3. The van der Waals surface area contributed by atoms with Crippen molar-refractivity contribution in [2.45, 2.75) is 6.61 Å². The molecule has 1 aliphatic heterocycles. The number of rotatable bonds is 7. The first-order valence-electron chi connectivity index (χ1n) is 8.88. The Balaban J connectivity index is 1.83. The summed E-state index contributed by atoms with van der Waals surface area (Å²) in [5.41, 5.74) is 1.42. The fourth-order valence-corrected chi connectivity index (χ4v) is 2.78. The molecule has 2 aromatic carbocycles. The Hall–Kier alpha value is -3.87. The fraction of sp³-hybridized carbons (Fsp3) is 0.136. The van der Waals surface area contributed by atoms with Crippen LogP contribution in [-0.2, 0) is 16.2 Å². The van der Waals surface area contributed by atoms with Gasteiger partial charge in [0.15, 0.2) is 11.5 Å². The molecular weight excluding hydrogens is 372 g/mol. The van der Waals surface area contributed by atoms with Crippen LogP contribution in [0.5, 0.6) is 11.5 Å². The number of benzene rings is 2. The van der Waals surface area contributed by atoms with Gasteiger partial charge in [-0.05, 0) is 29.3 Å². The third kappa shape index (κ3) is 4.52. The van der Waals surface area contributed by atoms with E-state index in [9.17, 15) is 14.4 Å². The van der Waals surface area contributed by atoms with E-state index in [1.165, 1.54) is 19.3 Å². The molecule has 1 heterocycles. The van der Waals surface area contributed by atoms with E-state index in [4.69, 9.17) is 9.47 Å². The fourth-order valence-electron chi connectivity index (χ4n) is 2.78. The molecule has 1 saturated heterocycles. The Morgan fingerprint density at radius 1 is 1.07 bits per heavy atom. The average molecular weight is 392 g/mol. The number of carbonyl (C=O) groups is 3. The molecule has 3 rings (SSSR count). The molecule has 0 atom stereocenters. The molecule has 0 spiro atoms. The zero-order valence-corrected chi connectivity index (χ0v) is 15.9. The van der Waals surface area contributed by atoms with Gasteiger partial charge >= 0.3 is 6.03 Å². The molecule has 7 heteroatoms. The number of methoxy groups -OCH3 is 1. The minimum absolute atomic E-state index is 0.00483. The molecule has 1 aliphatic rings. The lowest BCUT2D eigenvalue weighted by Crippen LogP contribution is -2.54. The van der Waals surface area contributed by atoms with Crippen LogP contribution in [0, 0.1) is 0 Å². The lowest BCUT2D eigenvalue weighted by Gasteiger charge is -2.25. The number of nitrogens with one attached hydrogen (secondary N) is 1. The second-order valence-corrected chi connectivity index (χ2v) is 6.21. The summed E-state index contributed by atoms with van der Waals surface area (Å²) in [7, 11) is 1.50. The molecule has 7 nitrogen and oxygen atoms in total. The van der Waals surface area contributed by atoms with Crippen molar-refractivity contribution in [1.29, 1.82) is 0 Å². The second kappa shape index (κ2) is 8.88. The average Bonchev–Trinajstić information content (AvgIpc) is 2.73. The van der Waals surface area contributed by atoms with Crippen LogP contribution in [-0.4, -0.2) is 36.4 Å². The zero-order chi connectivity index (χ0) is 20.8. The molecule has 0 unspecified atom stereocenters. The maximum Gasteiger partial charge on any atom is 0.331 e. The number of imide groups is 2. The largest absolute Gasteiger partial charge is 0.493 e. The van der Waals surface area contributed by atoms with Crippen molar-refractivity contribution in [3.05, 3.63) is 77.9 Å². The Labute approximate surface area is 168 Å². The van der Waals surface area contributed by atoms with E-state index in [1.807, 2.05) is 30.3 Å². The summed E-state index contributed by atoms with van der Waals surface area (Å²) >= 11 is 0. The summed E-state index contributed by atoms with van der Waals surface area (Å²) in [6.45, 7) is 3.89. The van der Waals surface area contributed by atoms with Crippen LogP contribution in [0.1, 0.15) is 11.1 Å². The van der Waals surface area contributed by atoms with Gasteiger partial charge in [-0.3, -0.25) is 19.8 Å². The number of amides is 4. The van der Waals surface area contributed by atoms with E-state index in [1.54, 1.807) is 18.2 Å². The minimum atomic E-state index is -0.765. The topological polar surface area (TPSA) is 84.9 Å². The van der Waals surface area contributed by atoms with Gasteiger partial charge in [0.25, 0.3) is 11.8 Å². The first-order valence-corrected chi connectivity index (χ1v) is 8.88. The molecule has 0 bridgehead atoms. The number of barbiturate groups is 1. The monoisotopic (exact) mass is 392 g/mol. The lowest BCUT2D eigenvalue weighted by atomic mass is 10.1. The van der Waals surface area contributed by atoms with Crippen molar-refractivity contribution in [2.75, 3.05) is 13.7 Å². The van der Waals surface area contributed by atoms with Crippen molar-refractivity contribution in [1.82, 2.24) is 10.2 Å². The summed E-state index contributed by atoms with van der Waals surface area (Å²) in [5.74, 6) is -0.440. The predicted octanol–water partition coefficient (Wildman–Crippen LogP) is 2.92. The number of hydrogen-bond donors (Lipinski definition) is 1. The highest BCUT2D eigenvalue weighted by Crippen LogP contribution is 2.30. The summed E-state index contributed by atoms with van der Waals surface area (Å²) < 4.78 is 11.2. The standard InChI is InChI=1S/C22H20N2O5/c1-3-11-24-21(26)17(20(25)23-22(24)27)12-16-9-10-18(19(13-16)28-2)29-14-15-7-5-4-6-8-15/h3-10,12-13H,1,11,14H2,2H3,(H,23,25,27)/b17-12-. The molecule has 2 aromatic rings. The van der Waals surface area contributed by atoms with Crippen LogP contribution in [0.2, 0.25) is 0 Å². The highest BCUT2D eigenvalue weighted by atomic mass is 16.5. The maximum absolute atomic E-state index is 12.5. The van der Waals surface area contributed by atoms with Crippen LogP contribution in [0.3, 0.4) is 0 Å². The maximum atomic E-state index is 12.5. The van der Waals surface area contributed by atoms with Crippen LogP contribution in [0.15, 0.2) is 66.8 Å². The molecule has 0 aromatic heterocycles. The third-order valence-electron chi connectivity index (χ3n) is 4.23. The van der Waals surface area contributed by atoms with Gasteiger partial charge in [0, 0.05) is 6.54 Å². The van der Waals surface area contributed by atoms with E-state index in [2.05, 4.69) is 11.9 Å². The molecule has 1 N–H and O–H groups in total. The molecule has 0 saturated carbocycles. The predicted molar refractivity (Wildman–Crippen MR) is 107 cm³/mol. The van der Waals surface area contributed by atoms with E-state index in [0.29, 0.717) is 23.7 Å². The Morgan fingerprint density at radius 2 is 1.83 bits per heavy atom. The summed E-state index contributed by atoms with van der Waals surface area (Å²) in [6.07, 6.45) is 2.82. The van der Waals surface area contributed by atoms with Gasteiger partial charge in [-0.25, -0.2) is 4.79 Å². The van der Waals surface area contributed by atoms with Gasteiger partial charge in [0.2, 0.25) is 0 Å². The van der Waals surface area contributed by atoms with Crippen LogP contribution < -0.4 is 14.8 Å². The van der Waals surface area contributed by atoms with Crippen molar-refractivity contribution in [3.8, 4) is 11.5 Å². The highest BCUT2D eigenvalue weighted by molar-refractivity contribution is 6.31. The Kier molecular flexibility index (Phi) is 6.09. The van der Waals surface area contributed by atoms with Gasteiger partial charge in [-0.1, -0.05) is 42.5 Å². The zero-order valence-electron chi connectivity index (χ0n) is 15.9. The molecule has 1 fully saturated rings. The summed E-state index contributed by atoms with van der Waals surface area (Å²) in [6, 6.07) is 14.0. The number of ether oxygens (including phenoxy) is 2. The number of urea groups is 1. The van der Waals surface area contributed by atoms with Crippen LogP contribution in [0.4, 0.5) is 4.79 Å². The molecule has 0 aliphatic carbocycles. The quantitative estimate of drug-likeness (QED) is 0.445. The van der Waals surface area contributed by atoms with E-state index in [0.717, 1.165) is 10.5 Å². The Morgan fingerprint density at radius 3 is 2.52 bits per heavy atom. The van der Waals surface area contributed by atoms with Gasteiger partial charge in [0.05, 0.1) is 7.11 Å². The smallest absolute Gasteiger partial charge is 0.331 e. The molecule has 0 radical (unpaired) electrons. The van der Waals surface area contributed by atoms with Gasteiger partial charge in [-0.2, -0.15) is 0 Å². The van der Waals surface area contributed by atoms with Crippen LogP contribution in [0.25, 0.3) is 6.08 Å². The number of hydrogen-bond acceptors (Lipinski definition) is 5. The lowest BCUT2D eigenvalue weighted by molar-refractivity contribution is -0.129. The van der Waals surface area contributed by atoms with Gasteiger partial charge < -0.3 is 9.47 Å². The van der Waals surface area contributed by atoms with E-state index in [-0.39, 0.29) is 12.1 Å². The number of carbonyl (C=O) groups excluding carboxylic acids is 3.